The number of rotatable bonds is 4. The first-order valence-electron chi connectivity index (χ1n) is 5.16. The van der Waals surface area contributed by atoms with Crippen LogP contribution in [0.4, 0.5) is 11.6 Å². The molecule has 0 unspecified atom stereocenters. The van der Waals surface area contributed by atoms with Gasteiger partial charge in [-0.2, -0.15) is 0 Å². The van der Waals surface area contributed by atoms with Crippen molar-refractivity contribution in [2.45, 2.75) is 11.6 Å². The van der Waals surface area contributed by atoms with E-state index in [1.807, 2.05) is 18.3 Å². The van der Waals surface area contributed by atoms with Crippen LogP contribution in [0.25, 0.3) is 0 Å². The lowest BCUT2D eigenvalue weighted by molar-refractivity contribution is 0.980. The van der Waals surface area contributed by atoms with E-state index in [1.165, 1.54) is 17.3 Å². The molecule has 5 nitrogen and oxygen atoms in total. The molecule has 0 spiro atoms. The van der Waals surface area contributed by atoms with Gasteiger partial charge in [0.15, 0.2) is 5.16 Å². The van der Waals surface area contributed by atoms with Crippen molar-refractivity contribution in [2.24, 2.45) is 0 Å². The highest BCUT2D eigenvalue weighted by molar-refractivity contribution is 7.99. The lowest BCUT2D eigenvalue weighted by atomic mass is 10.2. The maximum absolute atomic E-state index is 5.59. The normalized spacial score (nSPS) is 10.4. The van der Waals surface area contributed by atoms with E-state index in [1.54, 1.807) is 12.3 Å². The zero-order valence-electron chi connectivity index (χ0n) is 9.21. The molecule has 4 N–H and O–H groups in total. The quantitative estimate of drug-likeness (QED) is 0.626. The van der Waals surface area contributed by atoms with Gasteiger partial charge in [-0.05, 0) is 18.1 Å². The number of nitrogens with zero attached hydrogens (tertiary/aromatic N) is 3. The third-order valence-corrected chi connectivity index (χ3v) is 2.94. The summed E-state index contributed by atoms with van der Waals surface area (Å²) in [6.07, 6.45) is 4.53. The molecule has 88 valence electrons. The third-order valence-electron chi connectivity index (χ3n) is 2.09. The average Bonchev–Trinajstić information content (AvgIpc) is 2.29. The van der Waals surface area contributed by atoms with Crippen molar-refractivity contribution in [3.63, 3.8) is 0 Å². The number of aromatic nitrogens is 3. The van der Waals surface area contributed by atoms with Crippen LogP contribution in [0.5, 0.6) is 0 Å². The third kappa shape index (κ3) is 3.60. The molecule has 2 aromatic rings. The highest BCUT2D eigenvalue weighted by atomic mass is 32.2. The van der Waals surface area contributed by atoms with Crippen molar-refractivity contribution in [2.75, 3.05) is 17.2 Å². The summed E-state index contributed by atoms with van der Waals surface area (Å²) in [4.78, 5) is 12.3. The Morgan fingerprint density at radius 3 is 2.59 bits per heavy atom. The fourth-order valence-electron chi connectivity index (χ4n) is 1.33. The minimum absolute atomic E-state index is 0.404. The number of nitrogens with two attached hydrogens (primary N) is 2. The summed E-state index contributed by atoms with van der Waals surface area (Å²) in [6.45, 7) is 0. The van der Waals surface area contributed by atoms with Crippen LogP contribution in [-0.4, -0.2) is 20.7 Å². The number of pyridine rings is 1. The lowest BCUT2D eigenvalue weighted by Crippen LogP contribution is -2.00. The molecule has 0 aliphatic heterocycles. The first-order valence-corrected chi connectivity index (χ1v) is 6.14. The van der Waals surface area contributed by atoms with Gasteiger partial charge in [0.05, 0.1) is 0 Å². The minimum Gasteiger partial charge on any atom is -0.383 e. The van der Waals surface area contributed by atoms with E-state index in [-0.39, 0.29) is 0 Å². The van der Waals surface area contributed by atoms with Crippen molar-refractivity contribution >= 4 is 23.4 Å². The Morgan fingerprint density at radius 1 is 1.18 bits per heavy atom. The minimum atomic E-state index is 0.404. The van der Waals surface area contributed by atoms with E-state index in [2.05, 4.69) is 15.0 Å². The van der Waals surface area contributed by atoms with Crippen LogP contribution in [0.15, 0.2) is 35.7 Å². The molecule has 0 saturated carbocycles. The van der Waals surface area contributed by atoms with Crippen LogP contribution in [0.3, 0.4) is 0 Å². The molecule has 0 aromatic carbocycles. The van der Waals surface area contributed by atoms with E-state index in [0.717, 1.165) is 12.2 Å². The second kappa shape index (κ2) is 5.49. The zero-order valence-corrected chi connectivity index (χ0v) is 10.0. The molecule has 0 fully saturated rings. The lowest BCUT2D eigenvalue weighted by Gasteiger charge is -2.02. The van der Waals surface area contributed by atoms with E-state index in [0.29, 0.717) is 16.8 Å². The summed E-state index contributed by atoms with van der Waals surface area (Å²) in [5, 5.41) is 0.617. The standard InChI is InChI=1S/C11H13N5S/c12-9-6-10(13)16-11(15-9)17-5-3-8-2-1-4-14-7-8/h1-2,4,6-7H,3,5H2,(H4,12,13,15,16). The summed E-state index contributed by atoms with van der Waals surface area (Å²) in [5.74, 6) is 1.68. The SMILES string of the molecule is Nc1cc(N)nc(SCCc2cccnc2)n1. The highest BCUT2D eigenvalue weighted by Gasteiger charge is 2.01. The summed E-state index contributed by atoms with van der Waals surface area (Å²) in [7, 11) is 0. The van der Waals surface area contributed by atoms with Gasteiger partial charge in [0, 0.05) is 24.2 Å². The fourth-order valence-corrected chi connectivity index (χ4v) is 2.19. The molecule has 0 saturated heterocycles. The van der Waals surface area contributed by atoms with Crippen LogP contribution in [0.1, 0.15) is 5.56 Å². The second-order valence-electron chi connectivity index (χ2n) is 3.46. The molecule has 2 rings (SSSR count). The van der Waals surface area contributed by atoms with Gasteiger partial charge in [0.25, 0.3) is 0 Å². The van der Waals surface area contributed by atoms with Gasteiger partial charge in [-0.25, -0.2) is 9.97 Å². The van der Waals surface area contributed by atoms with Crippen LogP contribution in [-0.2, 0) is 6.42 Å². The molecular formula is C11H13N5S. The Balaban J connectivity index is 1.90. The van der Waals surface area contributed by atoms with Crippen molar-refractivity contribution < 1.29 is 0 Å². The Morgan fingerprint density at radius 2 is 1.94 bits per heavy atom. The van der Waals surface area contributed by atoms with Crippen molar-refractivity contribution in [3.8, 4) is 0 Å². The van der Waals surface area contributed by atoms with Crippen molar-refractivity contribution in [1.29, 1.82) is 0 Å². The molecule has 0 aliphatic carbocycles. The van der Waals surface area contributed by atoms with E-state index < -0.39 is 0 Å². The van der Waals surface area contributed by atoms with Crippen LogP contribution >= 0.6 is 11.8 Å². The average molecular weight is 247 g/mol. The maximum Gasteiger partial charge on any atom is 0.191 e. The highest BCUT2D eigenvalue weighted by Crippen LogP contribution is 2.17. The number of hydrogen-bond donors (Lipinski definition) is 2. The second-order valence-corrected chi connectivity index (χ2v) is 4.52. The van der Waals surface area contributed by atoms with Crippen molar-refractivity contribution in [1.82, 2.24) is 15.0 Å². The van der Waals surface area contributed by atoms with Gasteiger partial charge >= 0.3 is 0 Å². The smallest absolute Gasteiger partial charge is 0.191 e. The summed E-state index contributed by atoms with van der Waals surface area (Å²) in [6, 6.07) is 5.52. The summed E-state index contributed by atoms with van der Waals surface area (Å²) < 4.78 is 0. The van der Waals surface area contributed by atoms with Crippen LogP contribution in [0, 0.1) is 0 Å². The number of hydrogen-bond acceptors (Lipinski definition) is 6. The molecule has 6 heteroatoms. The topological polar surface area (TPSA) is 90.7 Å². The summed E-state index contributed by atoms with van der Waals surface area (Å²) in [5.41, 5.74) is 12.4. The zero-order chi connectivity index (χ0) is 12.1. The Bertz CT molecular complexity index is 468. The van der Waals surface area contributed by atoms with Crippen molar-refractivity contribution in [3.05, 3.63) is 36.2 Å². The Kier molecular flexibility index (Phi) is 3.77. The molecule has 0 radical (unpaired) electrons. The van der Waals surface area contributed by atoms with Gasteiger partial charge in [0.2, 0.25) is 0 Å². The predicted octanol–water partition coefficient (Wildman–Crippen LogP) is 1.37. The molecule has 0 aliphatic rings. The maximum atomic E-state index is 5.59. The number of aryl methyl sites for hydroxylation is 1. The van der Waals surface area contributed by atoms with Gasteiger partial charge < -0.3 is 11.5 Å². The Hall–Kier alpha value is -1.82. The van der Waals surface area contributed by atoms with E-state index in [9.17, 15) is 0 Å². The van der Waals surface area contributed by atoms with Gasteiger partial charge in [-0.15, -0.1) is 0 Å². The summed E-state index contributed by atoms with van der Waals surface area (Å²) >= 11 is 1.53. The van der Waals surface area contributed by atoms with Gasteiger partial charge in [-0.3, -0.25) is 4.98 Å². The van der Waals surface area contributed by atoms with Gasteiger partial charge in [-0.1, -0.05) is 17.8 Å². The molecule has 2 heterocycles. The number of nitrogen functional groups attached to an aromatic ring is 2. The van der Waals surface area contributed by atoms with E-state index in [4.69, 9.17) is 11.5 Å². The largest absolute Gasteiger partial charge is 0.383 e. The first-order chi connectivity index (χ1) is 8.24. The number of thioether (sulfide) groups is 1. The van der Waals surface area contributed by atoms with E-state index >= 15 is 0 Å². The van der Waals surface area contributed by atoms with Crippen LogP contribution < -0.4 is 11.5 Å². The van der Waals surface area contributed by atoms with Crippen LogP contribution in [0.2, 0.25) is 0 Å². The Labute approximate surface area is 104 Å². The van der Waals surface area contributed by atoms with Gasteiger partial charge in [0.1, 0.15) is 11.6 Å². The molecule has 2 aromatic heterocycles. The fraction of sp³-hybridized carbons (Fsp3) is 0.182. The molecule has 17 heavy (non-hydrogen) atoms. The number of anilines is 2. The molecular weight excluding hydrogens is 234 g/mol. The predicted molar refractivity (Wildman–Crippen MR) is 69.5 cm³/mol. The first kappa shape index (κ1) is 11.7. The molecule has 0 amide bonds. The molecule has 0 atom stereocenters. The monoisotopic (exact) mass is 247 g/mol. The molecule has 0 bridgehead atoms.